The second-order valence-corrected chi connectivity index (χ2v) is 12.0. The number of esters is 1. The SMILES string of the molecule is COc1cc(-c2cnc3c(c2)c(-c2cccc(C#N)c2)cn3C(C)OC(=O)C(C)(C)C)cc(N(C)C(=O)C=CCN(C)C)c1. The molecule has 0 radical (unpaired) electrons. The van der Waals surface area contributed by atoms with Crippen molar-refractivity contribution in [1.29, 1.82) is 5.26 Å². The summed E-state index contributed by atoms with van der Waals surface area (Å²) in [5, 5.41) is 10.4. The van der Waals surface area contributed by atoms with Gasteiger partial charge in [0.05, 0.1) is 24.2 Å². The van der Waals surface area contributed by atoms with Gasteiger partial charge in [0.15, 0.2) is 6.23 Å². The monoisotopic (exact) mass is 593 g/mol. The number of ether oxygens (including phenoxy) is 2. The van der Waals surface area contributed by atoms with Gasteiger partial charge in [0.2, 0.25) is 5.91 Å². The van der Waals surface area contributed by atoms with Gasteiger partial charge in [-0.3, -0.25) is 14.2 Å². The Kier molecular flexibility index (Phi) is 9.56. The largest absolute Gasteiger partial charge is 0.497 e. The lowest BCUT2D eigenvalue weighted by Crippen LogP contribution is -2.26. The number of benzene rings is 2. The van der Waals surface area contributed by atoms with E-state index < -0.39 is 11.6 Å². The number of hydrogen-bond donors (Lipinski definition) is 0. The Labute approximate surface area is 258 Å². The van der Waals surface area contributed by atoms with E-state index in [1.54, 1.807) is 37.4 Å². The van der Waals surface area contributed by atoms with Gasteiger partial charge in [-0.25, -0.2) is 4.98 Å². The number of pyridine rings is 1. The van der Waals surface area contributed by atoms with Gasteiger partial charge in [-0.1, -0.05) is 18.2 Å². The average molecular weight is 594 g/mol. The summed E-state index contributed by atoms with van der Waals surface area (Å²) in [6.45, 7) is 7.90. The lowest BCUT2D eigenvalue weighted by molar-refractivity contribution is -0.162. The van der Waals surface area contributed by atoms with Gasteiger partial charge in [0.25, 0.3) is 0 Å². The molecule has 0 bridgehead atoms. The maximum Gasteiger partial charge on any atom is 0.313 e. The Balaban J connectivity index is 1.83. The molecule has 0 saturated carbocycles. The van der Waals surface area contributed by atoms with Gasteiger partial charge < -0.3 is 19.3 Å². The molecule has 0 spiro atoms. The van der Waals surface area contributed by atoms with Crippen LogP contribution in [0.5, 0.6) is 5.75 Å². The smallest absolute Gasteiger partial charge is 0.313 e. The van der Waals surface area contributed by atoms with Crippen LogP contribution >= 0.6 is 0 Å². The van der Waals surface area contributed by atoms with E-state index in [2.05, 4.69) is 6.07 Å². The van der Waals surface area contributed by atoms with Crippen molar-refractivity contribution in [1.82, 2.24) is 14.5 Å². The summed E-state index contributed by atoms with van der Waals surface area (Å²) in [7, 11) is 7.19. The van der Waals surface area contributed by atoms with E-state index in [4.69, 9.17) is 14.5 Å². The van der Waals surface area contributed by atoms with Crippen LogP contribution in [0.4, 0.5) is 5.69 Å². The third-order valence-corrected chi connectivity index (χ3v) is 7.16. The van der Waals surface area contributed by atoms with Gasteiger partial charge in [0, 0.05) is 60.3 Å². The van der Waals surface area contributed by atoms with Crippen LogP contribution in [0.15, 0.2) is 73.1 Å². The number of nitriles is 1. The normalized spacial score (nSPS) is 12.4. The van der Waals surface area contributed by atoms with Crippen LogP contribution in [-0.2, 0) is 14.3 Å². The lowest BCUT2D eigenvalue weighted by Gasteiger charge is -2.22. The van der Waals surface area contributed by atoms with Crippen molar-refractivity contribution in [3.05, 3.63) is 78.6 Å². The highest BCUT2D eigenvalue weighted by molar-refractivity contribution is 6.02. The molecule has 0 aliphatic carbocycles. The molecule has 9 heteroatoms. The van der Waals surface area contributed by atoms with Crippen molar-refractivity contribution in [2.24, 2.45) is 5.41 Å². The molecule has 228 valence electrons. The van der Waals surface area contributed by atoms with Crippen LogP contribution in [0, 0.1) is 16.7 Å². The molecule has 0 fully saturated rings. The predicted octanol–water partition coefficient (Wildman–Crippen LogP) is 6.44. The van der Waals surface area contributed by atoms with Crippen LogP contribution in [0.2, 0.25) is 0 Å². The molecule has 2 aromatic carbocycles. The summed E-state index contributed by atoms with van der Waals surface area (Å²) in [5.74, 6) is 0.113. The first-order valence-electron chi connectivity index (χ1n) is 14.3. The fraction of sp³-hybridized carbons (Fsp3) is 0.314. The quantitative estimate of drug-likeness (QED) is 0.163. The molecule has 9 nitrogen and oxygen atoms in total. The minimum absolute atomic E-state index is 0.157. The fourth-order valence-corrected chi connectivity index (χ4v) is 4.61. The van der Waals surface area contributed by atoms with Crippen LogP contribution in [-0.4, -0.2) is 61.1 Å². The highest BCUT2D eigenvalue weighted by atomic mass is 16.6. The van der Waals surface area contributed by atoms with Crippen LogP contribution in [0.25, 0.3) is 33.3 Å². The van der Waals surface area contributed by atoms with E-state index in [1.165, 1.54) is 0 Å². The molecule has 1 atom stereocenters. The van der Waals surface area contributed by atoms with Crippen LogP contribution in [0.1, 0.15) is 39.5 Å². The zero-order valence-corrected chi connectivity index (χ0v) is 26.6. The topological polar surface area (TPSA) is 101 Å². The summed E-state index contributed by atoms with van der Waals surface area (Å²) in [5.41, 5.74) is 4.45. The molecular formula is C35H39N5O4. The van der Waals surface area contributed by atoms with Gasteiger partial charge in [-0.05, 0) is 83.2 Å². The molecule has 2 heterocycles. The minimum Gasteiger partial charge on any atom is -0.497 e. The fourth-order valence-electron chi connectivity index (χ4n) is 4.61. The summed E-state index contributed by atoms with van der Waals surface area (Å²) in [6, 6.07) is 17.2. The van der Waals surface area contributed by atoms with Crippen molar-refractivity contribution in [2.45, 2.75) is 33.9 Å². The number of anilines is 1. The molecule has 4 aromatic rings. The second-order valence-electron chi connectivity index (χ2n) is 12.0. The van der Waals surface area contributed by atoms with Gasteiger partial charge in [0.1, 0.15) is 11.4 Å². The maximum absolute atomic E-state index is 12.9. The molecule has 1 amide bonds. The number of carbonyl (C=O) groups excluding carboxylic acids is 2. The second kappa shape index (κ2) is 13.1. The summed E-state index contributed by atoms with van der Waals surface area (Å²) in [4.78, 5) is 34.0. The maximum atomic E-state index is 12.9. The van der Waals surface area contributed by atoms with E-state index in [9.17, 15) is 14.9 Å². The Morgan fingerprint density at radius 1 is 1.07 bits per heavy atom. The number of methoxy groups -OCH3 is 1. The van der Waals surface area contributed by atoms with E-state index in [1.807, 2.05) is 106 Å². The van der Waals surface area contributed by atoms with Crippen LogP contribution < -0.4 is 9.64 Å². The van der Waals surface area contributed by atoms with Crippen molar-refractivity contribution in [3.63, 3.8) is 0 Å². The standard InChI is InChI=1S/C35H39N5O4/c1-23(44-34(42)35(2,3)4)40-22-31(25-12-9-11-24(15-25)20-36)30-18-27(21-37-33(30)40)26-16-28(19-29(17-26)43-8)39(7)32(41)13-10-14-38(5)6/h9-13,15-19,21-23H,14H2,1-8H3. The van der Waals surface area contributed by atoms with E-state index in [0.29, 0.717) is 29.2 Å². The number of rotatable bonds is 9. The molecule has 4 rings (SSSR count). The number of carbonyl (C=O) groups is 2. The van der Waals surface area contributed by atoms with Crippen molar-refractivity contribution < 1.29 is 19.1 Å². The number of nitrogens with zero attached hydrogens (tertiary/aromatic N) is 5. The first kappa shape index (κ1) is 32.0. The molecule has 1 unspecified atom stereocenters. The Bertz CT molecular complexity index is 1760. The van der Waals surface area contributed by atoms with Crippen molar-refractivity contribution in [2.75, 3.05) is 39.7 Å². The summed E-state index contributed by atoms with van der Waals surface area (Å²) < 4.78 is 13.3. The third kappa shape index (κ3) is 7.16. The van der Waals surface area contributed by atoms with Gasteiger partial charge in [-0.15, -0.1) is 0 Å². The first-order valence-corrected chi connectivity index (χ1v) is 14.3. The average Bonchev–Trinajstić information content (AvgIpc) is 3.38. The molecular weight excluding hydrogens is 554 g/mol. The predicted molar refractivity (Wildman–Crippen MR) is 173 cm³/mol. The molecule has 0 saturated heterocycles. The molecule has 44 heavy (non-hydrogen) atoms. The third-order valence-electron chi connectivity index (χ3n) is 7.16. The number of hydrogen-bond acceptors (Lipinski definition) is 7. The molecule has 2 aromatic heterocycles. The Morgan fingerprint density at radius 3 is 2.48 bits per heavy atom. The molecule has 0 aliphatic rings. The summed E-state index contributed by atoms with van der Waals surface area (Å²) >= 11 is 0. The highest BCUT2D eigenvalue weighted by Crippen LogP contribution is 2.37. The lowest BCUT2D eigenvalue weighted by atomic mass is 9.97. The van der Waals surface area contributed by atoms with E-state index in [-0.39, 0.29) is 11.9 Å². The van der Waals surface area contributed by atoms with Gasteiger partial charge in [-0.2, -0.15) is 5.26 Å². The minimum atomic E-state index is -0.664. The van der Waals surface area contributed by atoms with Crippen molar-refractivity contribution >= 4 is 28.6 Å². The summed E-state index contributed by atoms with van der Waals surface area (Å²) in [6.07, 6.45) is 6.42. The molecule has 0 N–H and O–H groups in total. The number of fused-ring (bicyclic) bond motifs is 1. The van der Waals surface area contributed by atoms with Crippen LogP contribution in [0.3, 0.4) is 0 Å². The highest BCUT2D eigenvalue weighted by Gasteiger charge is 2.27. The number of likely N-dealkylation sites (N-methyl/N-ethyl adjacent to an activating group) is 2. The van der Waals surface area contributed by atoms with Gasteiger partial charge >= 0.3 is 5.97 Å². The Hall–Kier alpha value is -4.94. The van der Waals surface area contributed by atoms with E-state index >= 15 is 0 Å². The zero-order chi connectivity index (χ0) is 32.2. The number of amides is 1. The Morgan fingerprint density at radius 2 is 1.82 bits per heavy atom. The zero-order valence-electron chi connectivity index (χ0n) is 26.6. The first-order chi connectivity index (χ1) is 20.8. The van der Waals surface area contributed by atoms with E-state index in [0.717, 1.165) is 27.6 Å². The van der Waals surface area contributed by atoms with Crippen molar-refractivity contribution in [3.8, 4) is 34.1 Å². The number of aromatic nitrogens is 2. The molecule has 0 aliphatic heterocycles.